The van der Waals surface area contributed by atoms with Crippen LogP contribution in [-0.4, -0.2) is 50.7 Å². The van der Waals surface area contributed by atoms with Gasteiger partial charge < -0.3 is 19.7 Å². The molecular formula is C11H18N2O3. The number of amides is 1. The Morgan fingerprint density at radius 1 is 1.62 bits per heavy atom. The van der Waals surface area contributed by atoms with E-state index in [0.29, 0.717) is 24.9 Å². The van der Waals surface area contributed by atoms with E-state index in [9.17, 15) is 4.79 Å². The fourth-order valence-electron chi connectivity index (χ4n) is 2.11. The van der Waals surface area contributed by atoms with Crippen LogP contribution < -0.4 is 5.32 Å². The van der Waals surface area contributed by atoms with Gasteiger partial charge in [-0.25, -0.2) is 0 Å². The Labute approximate surface area is 95.4 Å². The molecule has 90 valence electrons. The van der Waals surface area contributed by atoms with Crippen molar-refractivity contribution in [1.82, 2.24) is 10.2 Å². The average Bonchev–Trinajstić information content (AvgIpc) is 2.78. The van der Waals surface area contributed by atoms with Gasteiger partial charge in [-0.05, 0) is 25.9 Å². The van der Waals surface area contributed by atoms with E-state index in [1.54, 1.807) is 0 Å². The molecule has 5 heteroatoms. The first-order valence-electron chi connectivity index (χ1n) is 5.69. The molecule has 1 N–H and O–H groups in total. The van der Waals surface area contributed by atoms with Gasteiger partial charge in [-0.1, -0.05) is 0 Å². The number of carbonyl (C=O) groups is 1. The molecule has 0 aromatic heterocycles. The zero-order valence-electron chi connectivity index (χ0n) is 9.57. The summed E-state index contributed by atoms with van der Waals surface area (Å²) in [5.74, 6) is 0.855. The maximum absolute atomic E-state index is 12.0. The SMILES string of the molecule is CNCC1CCN(C(=O)C2=COCCO2)C1. The third kappa shape index (κ3) is 2.47. The summed E-state index contributed by atoms with van der Waals surface area (Å²) in [6.07, 6.45) is 2.48. The van der Waals surface area contributed by atoms with Crippen LogP contribution in [0.25, 0.3) is 0 Å². The normalized spacial score (nSPS) is 24.7. The first-order chi connectivity index (χ1) is 7.81. The summed E-state index contributed by atoms with van der Waals surface area (Å²) in [5, 5.41) is 3.14. The van der Waals surface area contributed by atoms with Crippen molar-refractivity contribution < 1.29 is 14.3 Å². The Morgan fingerprint density at radius 3 is 3.19 bits per heavy atom. The van der Waals surface area contributed by atoms with Crippen LogP contribution in [0, 0.1) is 5.92 Å². The highest BCUT2D eigenvalue weighted by atomic mass is 16.6. The van der Waals surface area contributed by atoms with Gasteiger partial charge in [-0.2, -0.15) is 0 Å². The van der Waals surface area contributed by atoms with Crippen molar-refractivity contribution in [2.45, 2.75) is 6.42 Å². The van der Waals surface area contributed by atoms with Crippen LogP contribution in [0.5, 0.6) is 0 Å². The van der Waals surface area contributed by atoms with E-state index < -0.39 is 0 Å². The lowest BCUT2D eigenvalue weighted by atomic mass is 10.1. The van der Waals surface area contributed by atoms with E-state index in [2.05, 4.69) is 5.32 Å². The minimum absolute atomic E-state index is 0.0432. The maximum atomic E-state index is 12.0. The van der Waals surface area contributed by atoms with Crippen LogP contribution >= 0.6 is 0 Å². The Kier molecular flexibility index (Phi) is 3.66. The minimum Gasteiger partial charge on any atom is -0.494 e. The highest BCUT2D eigenvalue weighted by Gasteiger charge is 2.29. The molecule has 16 heavy (non-hydrogen) atoms. The predicted molar refractivity (Wildman–Crippen MR) is 58.6 cm³/mol. The van der Waals surface area contributed by atoms with Gasteiger partial charge in [0.25, 0.3) is 5.91 Å². The number of rotatable bonds is 3. The molecule has 1 unspecified atom stereocenters. The molecule has 1 fully saturated rings. The van der Waals surface area contributed by atoms with Gasteiger partial charge in [0.05, 0.1) is 0 Å². The van der Waals surface area contributed by atoms with E-state index in [0.717, 1.165) is 26.1 Å². The van der Waals surface area contributed by atoms with Crippen LogP contribution in [-0.2, 0) is 14.3 Å². The van der Waals surface area contributed by atoms with Crippen molar-refractivity contribution >= 4 is 5.91 Å². The van der Waals surface area contributed by atoms with E-state index in [-0.39, 0.29) is 5.91 Å². The molecular weight excluding hydrogens is 208 g/mol. The average molecular weight is 226 g/mol. The highest BCUT2D eigenvalue weighted by Crippen LogP contribution is 2.18. The maximum Gasteiger partial charge on any atom is 0.292 e. The third-order valence-corrected chi connectivity index (χ3v) is 2.93. The molecule has 5 nitrogen and oxygen atoms in total. The largest absolute Gasteiger partial charge is 0.494 e. The van der Waals surface area contributed by atoms with Crippen molar-refractivity contribution in [2.75, 3.05) is 39.9 Å². The van der Waals surface area contributed by atoms with E-state index >= 15 is 0 Å². The van der Waals surface area contributed by atoms with Gasteiger partial charge in [-0.15, -0.1) is 0 Å². The summed E-state index contributed by atoms with van der Waals surface area (Å²) >= 11 is 0. The molecule has 2 rings (SSSR count). The molecule has 0 bridgehead atoms. The number of nitrogens with one attached hydrogen (secondary N) is 1. The summed E-state index contributed by atoms with van der Waals surface area (Å²) in [7, 11) is 1.94. The third-order valence-electron chi connectivity index (χ3n) is 2.93. The van der Waals surface area contributed by atoms with Crippen LogP contribution in [0.3, 0.4) is 0 Å². The van der Waals surface area contributed by atoms with Crippen molar-refractivity contribution in [3.63, 3.8) is 0 Å². The van der Waals surface area contributed by atoms with Crippen LogP contribution in [0.15, 0.2) is 12.0 Å². The highest BCUT2D eigenvalue weighted by molar-refractivity contribution is 5.91. The van der Waals surface area contributed by atoms with Crippen molar-refractivity contribution in [2.24, 2.45) is 5.92 Å². The van der Waals surface area contributed by atoms with Gasteiger partial charge >= 0.3 is 0 Å². The van der Waals surface area contributed by atoms with Crippen molar-refractivity contribution in [3.8, 4) is 0 Å². The predicted octanol–water partition coefficient (Wildman–Crippen LogP) is -0.0575. The summed E-state index contributed by atoms with van der Waals surface area (Å²) in [6, 6.07) is 0. The minimum atomic E-state index is -0.0432. The first-order valence-corrected chi connectivity index (χ1v) is 5.69. The number of carbonyl (C=O) groups excluding carboxylic acids is 1. The van der Waals surface area contributed by atoms with Crippen molar-refractivity contribution in [1.29, 1.82) is 0 Å². The van der Waals surface area contributed by atoms with E-state index in [1.807, 2.05) is 11.9 Å². The van der Waals surface area contributed by atoms with E-state index in [4.69, 9.17) is 9.47 Å². The van der Waals surface area contributed by atoms with Gasteiger partial charge in [-0.3, -0.25) is 4.79 Å². The lowest BCUT2D eigenvalue weighted by Crippen LogP contribution is -2.33. The molecule has 2 heterocycles. The fraction of sp³-hybridized carbons (Fsp3) is 0.727. The lowest BCUT2D eigenvalue weighted by molar-refractivity contribution is -0.131. The number of nitrogens with zero attached hydrogens (tertiary/aromatic N) is 1. The summed E-state index contributed by atoms with van der Waals surface area (Å²) < 4.78 is 10.4. The topological polar surface area (TPSA) is 50.8 Å². The second kappa shape index (κ2) is 5.21. The van der Waals surface area contributed by atoms with Crippen molar-refractivity contribution in [3.05, 3.63) is 12.0 Å². The Morgan fingerprint density at radius 2 is 2.50 bits per heavy atom. The first kappa shape index (κ1) is 11.3. The van der Waals surface area contributed by atoms with Gasteiger partial charge in [0.2, 0.25) is 5.76 Å². The molecule has 0 saturated carbocycles. The number of likely N-dealkylation sites (tertiary alicyclic amines) is 1. The molecule has 0 spiro atoms. The van der Waals surface area contributed by atoms with Gasteiger partial charge in [0.1, 0.15) is 19.5 Å². The number of ether oxygens (including phenoxy) is 2. The molecule has 2 aliphatic rings. The van der Waals surface area contributed by atoms with Gasteiger partial charge in [0.15, 0.2) is 0 Å². The molecule has 1 atom stereocenters. The zero-order valence-corrected chi connectivity index (χ0v) is 9.57. The van der Waals surface area contributed by atoms with Gasteiger partial charge in [0, 0.05) is 13.1 Å². The smallest absolute Gasteiger partial charge is 0.292 e. The zero-order chi connectivity index (χ0) is 11.4. The molecule has 1 saturated heterocycles. The van der Waals surface area contributed by atoms with Crippen LogP contribution in [0.4, 0.5) is 0 Å². The Hall–Kier alpha value is -1.23. The summed E-state index contributed by atoms with van der Waals surface area (Å²) in [4.78, 5) is 13.8. The monoisotopic (exact) mass is 226 g/mol. The fourth-order valence-corrected chi connectivity index (χ4v) is 2.11. The second-order valence-electron chi connectivity index (χ2n) is 4.16. The molecule has 0 aliphatic carbocycles. The standard InChI is InChI=1S/C11H18N2O3/c1-12-6-9-2-3-13(7-9)11(14)10-8-15-4-5-16-10/h8-9,12H,2-7H2,1H3. The molecule has 1 amide bonds. The van der Waals surface area contributed by atoms with Crippen LogP contribution in [0.2, 0.25) is 0 Å². The second-order valence-corrected chi connectivity index (χ2v) is 4.16. The molecule has 0 radical (unpaired) electrons. The summed E-state index contributed by atoms with van der Waals surface area (Å²) in [6.45, 7) is 3.57. The Bertz CT molecular complexity index is 291. The van der Waals surface area contributed by atoms with E-state index in [1.165, 1.54) is 6.26 Å². The number of hydrogen-bond acceptors (Lipinski definition) is 4. The Balaban J connectivity index is 1.88. The lowest BCUT2D eigenvalue weighted by Gasteiger charge is -2.20. The molecule has 0 aromatic rings. The molecule has 2 aliphatic heterocycles. The van der Waals surface area contributed by atoms with Crippen LogP contribution in [0.1, 0.15) is 6.42 Å². The number of hydrogen-bond donors (Lipinski definition) is 1. The quantitative estimate of drug-likeness (QED) is 0.732. The molecule has 0 aromatic carbocycles. The summed E-state index contributed by atoms with van der Waals surface area (Å²) in [5.41, 5.74) is 0.